The number of aromatic nitrogens is 4. The number of carbonyl (C=O) groups excluding carboxylic acids is 1. The van der Waals surface area contributed by atoms with Crippen LogP contribution >= 0.6 is 22.7 Å². The van der Waals surface area contributed by atoms with Gasteiger partial charge >= 0.3 is 0 Å². The molecule has 0 fully saturated rings. The highest BCUT2D eigenvalue weighted by Crippen LogP contribution is 2.20. The van der Waals surface area contributed by atoms with E-state index in [1.165, 1.54) is 22.7 Å². The average Bonchev–Trinajstić information content (AvgIpc) is 3.43. The van der Waals surface area contributed by atoms with Gasteiger partial charge in [0.1, 0.15) is 20.7 Å². The van der Waals surface area contributed by atoms with E-state index in [9.17, 15) is 4.79 Å². The van der Waals surface area contributed by atoms with Gasteiger partial charge in [0.05, 0.1) is 34.8 Å². The first kappa shape index (κ1) is 21.5. The molecular weight excluding hydrogens is 440 g/mol. The van der Waals surface area contributed by atoms with E-state index >= 15 is 0 Å². The quantitative estimate of drug-likeness (QED) is 0.365. The average molecular weight is 461 g/mol. The van der Waals surface area contributed by atoms with Gasteiger partial charge in [-0.05, 0) is 43.2 Å². The molecule has 0 radical (unpaired) electrons. The predicted molar refractivity (Wildman–Crippen MR) is 133 cm³/mol. The van der Waals surface area contributed by atoms with Crippen molar-refractivity contribution in [2.45, 2.75) is 13.8 Å². The van der Waals surface area contributed by atoms with E-state index in [2.05, 4.69) is 25.3 Å². The summed E-state index contributed by atoms with van der Waals surface area (Å²) in [5.74, 6) is -0.138. The van der Waals surface area contributed by atoms with Crippen molar-refractivity contribution in [3.63, 3.8) is 0 Å². The molecular formula is C23H20N6OS2. The number of carbonyl (C=O) groups is 1. The first-order valence-corrected chi connectivity index (χ1v) is 11.5. The molecule has 32 heavy (non-hydrogen) atoms. The molecule has 1 amide bonds. The van der Waals surface area contributed by atoms with E-state index in [4.69, 9.17) is 5.73 Å². The lowest BCUT2D eigenvalue weighted by Gasteiger charge is -2.08. The van der Waals surface area contributed by atoms with Crippen molar-refractivity contribution in [1.29, 1.82) is 0 Å². The van der Waals surface area contributed by atoms with Crippen LogP contribution in [0.15, 0.2) is 59.8 Å². The molecule has 0 saturated heterocycles. The number of nitrogen functional groups attached to an aromatic ring is 1. The summed E-state index contributed by atoms with van der Waals surface area (Å²) in [6.07, 6.45) is 7.28. The topological polar surface area (TPSA) is 107 Å². The molecule has 0 bridgehead atoms. The molecule has 4 aromatic heterocycles. The molecule has 5 aromatic rings. The predicted octanol–water partition coefficient (Wildman–Crippen LogP) is 5.56. The van der Waals surface area contributed by atoms with Crippen molar-refractivity contribution in [3.05, 3.63) is 76.5 Å². The molecule has 0 unspecified atom stereocenters. The minimum atomic E-state index is -0.138. The Balaban J connectivity index is 0.000000203. The number of amides is 1. The number of aryl methyl sites for hydroxylation is 1. The Hall–Kier alpha value is -3.69. The summed E-state index contributed by atoms with van der Waals surface area (Å²) in [6.45, 7) is 3.90. The number of pyridine rings is 2. The minimum absolute atomic E-state index is 0.138. The van der Waals surface area contributed by atoms with Crippen LogP contribution in [0.4, 0.5) is 11.4 Å². The van der Waals surface area contributed by atoms with Gasteiger partial charge in [-0.3, -0.25) is 4.79 Å². The van der Waals surface area contributed by atoms with Crippen LogP contribution in [0.3, 0.4) is 0 Å². The fraction of sp³-hybridized carbons (Fsp3) is 0.0870. The number of nitrogens with zero attached hydrogens (tertiary/aromatic N) is 4. The van der Waals surface area contributed by atoms with E-state index in [1.54, 1.807) is 23.4 Å². The van der Waals surface area contributed by atoms with Crippen molar-refractivity contribution in [2.75, 3.05) is 11.1 Å². The number of thiazole rings is 2. The third kappa shape index (κ3) is 4.96. The van der Waals surface area contributed by atoms with Crippen molar-refractivity contribution in [1.82, 2.24) is 19.9 Å². The Morgan fingerprint density at radius 2 is 1.66 bits per heavy atom. The fourth-order valence-electron chi connectivity index (χ4n) is 3.03. The van der Waals surface area contributed by atoms with E-state index in [1.807, 2.05) is 56.3 Å². The number of nitrogens with two attached hydrogens (primary N) is 1. The van der Waals surface area contributed by atoms with Crippen LogP contribution in [0.5, 0.6) is 0 Å². The van der Waals surface area contributed by atoms with Crippen LogP contribution in [0.2, 0.25) is 0 Å². The van der Waals surface area contributed by atoms with Gasteiger partial charge < -0.3 is 11.1 Å². The van der Waals surface area contributed by atoms with Gasteiger partial charge in [0.2, 0.25) is 0 Å². The smallest absolute Gasteiger partial charge is 0.255 e. The van der Waals surface area contributed by atoms with E-state index < -0.39 is 0 Å². The van der Waals surface area contributed by atoms with Gasteiger partial charge in [-0.2, -0.15) is 0 Å². The lowest BCUT2D eigenvalue weighted by atomic mass is 10.0. The summed E-state index contributed by atoms with van der Waals surface area (Å²) in [5.41, 5.74) is 14.7. The molecule has 0 aliphatic heterocycles. The van der Waals surface area contributed by atoms with Crippen LogP contribution in [0.1, 0.15) is 28.4 Å². The normalized spacial score (nSPS) is 10.9. The minimum Gasteiger partial charge on any atom is -0.397 e. The maximum Gasteiger partial charge on any atom is 0.255 e. The van der Waals surface area contributed by atoms with E-state index in [0.29, 0.717) is 16.9 Å². The van der Waals surface area contributed by atoms with Gasteiger partial charge in [0.25, 0.3) is 5.91 Å². The number of anilines is 2. The van der Waals surface area contributed by atoms with Gasteiger partial charge in [-0.1, -0.05) is 24.3 Å². The van der Waals surface area contributed by atoms with Crippen molar-refractivity contribution >= 4 is 66.7 Å². The third-order valence-electron chi connectivity index (χ3n) is 4.51. The van der Waals surface area contributed by atoms with Crippen molar-refractivity contribution in [3.8, 4) is 0 Å². The van der Waals surface area contributed by atoms with Gasteiger partial charge in [0.15, 0.2) is 0 Å². The molecule has 3 N–H and O–H groups in total. The Morgan fingerprint density at radius 1 is 0.969 bits per heavy atom. The molecule has 0 saturated carbocycles. The molecule has 0 aliphatic rings. The number of rotatable bonds is 3. The molecule has 9 heteroatoms. The second-order valence-corrected chi connectivity index (χ2v) is 8.54. The van der Waals surface area contributed by atoms with E-state index in [-0.39, 0.29) is 5.91 Å². The highest BCUT2D eigenvalue weighted by molar-refractivity contribution is 7.16. The second-order valence-electron chi connectivity index (χ2n) is 6.87. The Bertz CT molecular complexity index is 1420. The highest BCUT2D eigenvalue weighted by Gasteiger charge is 2.10. The lowest BCUT2D eigenvalue weighted by molar-refractivity contribution is 0.102. The summed E-state index contributed by atoms with van der Waals surface area (Å²) in [5, 5.41) is 2.88. The molecule has 160 valence electrons. The molecule has 1 aromatic carbocycles. The maximum atomic E-state index is 12.4. The summed E-state index contributed by atoms with van der Waals surface area (Å²) in [4.78, 5) is 30.8. The Kier molecular flexibility index (Phi) is 6.48. The first-order valence-electron chi connectivity index (χ1n) is 9.72. The largest absolute Gasteiger partial charge is 0.397 e. The Labute approximate surface area is 192 Å². The summed E-state index contributed by atoms with van der Waals surface area (Å²) in [7, 11) is 0. The second kappa shape index (κ2) is 9.63. The zero-order valence-corrected chi connectivity index (χ0v) is 19.1. The van der Waals surface area contributed by atoms with Gasteiger partial charge in [-0.15, -0.1) is 22.7 Å². The first-order chi connectivity index (χ1) is 15.5. The number of nitrogens with one attached hydrogen (secondary N) is 1. The van der Waals surface area contributed by atoms with E-state index in [0.717, 1.165) is 31.8 Å². The summed E-state index contributed by atoms with van der Waals surface area (Å²) in [6, 6.07) is 9.43. The molecule has 5 rings (SSSR count). The lowest BCUT2D eigenvalue weighted by Crippen LogP contribution is -2.13. The van der Waals surface area contributed by atoms with Crippen LogP contribution < -0.4 is 11.1 Å². The molecule has 0 spiro atoms. The third-order valence-corrected chi connectivity index (χ3v) is 6.01. The molecule has 0 atom stereocenters. The number of benzene rings is 1. The summed E-state index contributed by atoms with van der Waals surface area (Å²) < 4.78 is 0. The molecule has 0 aliphatic carbocycles. The maximum absolute atomic E-state index is 12.4. The standard InChI is InChI=1S/C17H15N3OS.C6H5N3S/c1-3-4-12-5-6-14(11(2)7-12)16(21)20-13-8-15-17(18-9-13)22-10-19-15;7-4-1-5-6(8-2-4)10-3-9-5/h3-10H,1-2H3,(H,20,21);1-3H,7H2/b4-3+;. The monoisotopic (exact) mass is 460 g/mol. The van der Waals surface area contributed by atoms with Crippen LogP contribution in [-0.4, -0.2) is 25.8 Å². The number of hydrogen-bond donors (Lipinski definition) is 2. The van der Waals surface area contributed by atoms with Crippen molar-refractivity contribution < 1.29 is 4.79 Å². The highest BCUT2D eigenvalue weighted by atomic mass is 32.1. The number of allylic oxidation sites excluding steroid dienone is 1. The zero-order valence-electron chi connectivity index (χ0n) is 17.4. The molecule has 7 nitrogen and oxygen atoms in total. The Morgan fingerprint density at radius 3 is 2.34 bits per heavy atom. The van der Waals surface area contributed by atoms with Gasteiger partial charge in [-0.25, -0.2) is 19.9 Å². The van der Waals surface area contributed by atoms with Crippen LogP contribution in [0.25, 0.3) is 26.8 Å². The van der Waals surface area contributed by atoms with Crippen molar-refractivity contribution in [2.24, 2.45) is 0 Å². The number of fused-ring (bicyclic) bond motifs is 2. The van der Waals surface area contributed by atoms with Crippen LogP contribution in [-0.2, 0) is 0 Å². The summed E-state index contributed by atoms with van der Waals surface area (Å²) >= 11 is 3.00. The SMILES string of the molecule is C/C=C/c1ccc(C(=O)Nc2cnc3scnc3c2)c(C)c1.Nc1cnc2scnc2c1. The van der Waals surface area contributed by atoms with Crippen LogP contribution in [0, 0.1) is 6.92 Å². The van der Waals surface area contributed by atoms with Gasteiger partial charge in [0, 0.05) is 5.56 Å². The number of hydrogen-bond acceptors (Lipinski definition) is 8. The zero-order chi connectivity index (χ0) is 22.5. The molecule has 4 heterocycles. The fourth-order valence-corrected chi connectivity index (χ4v) is 4.26.